The summed E-state index contributed by atoms with van der Waals surface area (Å²) in [5.74, 6) is 0. The first kappa shape index (κ1) is 12.8. The van der Waals surface area contributed by atoms with Crippen molar-refractivity contribution < 1.29 is 5.11 Å². The normalized spacial score (nSPS) is 12.7. The van der Waals surface area contributed by atoms with Gasteiger partial charge in [-0.15, -0.1) is 0 Å². The maximum atomic E-state index is 10.6. The summed E-state index contributed by atoms with van der Waals surface area (Å²) in [6, 6.07) is 6.10. The molecule has 0 fully saturated rings. The molecule has 2 rings (SSSR count). The van der Waals surface area contributed by atoms with E-state index in [1.54, 1.807) is 6.20 Å². The van der Waals surface area contributed by atoms with Crippen molar-refractivity contribution in [3.05, 3.63) is 52.3 Å². The molecule has 0 radical (unpaired) electrons. The Morgan fingerprint density at radius 1 is 1.22 bits per heavy atom. The van der Waals surface area contributed by atoms with Crippen LogP contribution in [0.1, 0.15) is 41.0 Å². The fourth-order valence-corrected chi connectivity index (χ4v) is 2.61. The fraction of sp³-hybridized carbons (Fsp3) is 0.400. The second-order valence-electron chi connectivity index (χ2n) is 4.79. The van der Waals surface area contributed by atoms with Crippen LogP contribution in [0, 0.1) is 20.8 Å². The van der Waals surface area contributed by atoms with Crippen LogP contribution in [0.2, 0.25) is 0 Å². The zero-order chi connectivity index (χ0) is 13.3. The first-order valence-corrected chi connectivity index (χ1v) is 6.32. The highest BCUT2D eigenvalue weighted by Gasteiger charge is 2.18. The number of hydrogen-bond acceptors (Lipinski definition) is 2. The highest BCUT2D eigenvalue weighted by molar-refractivity contribution is 5.41. The number of aryl methyl sites for hydroxylation is 4. The molecule has 0 saturated carbocycles. The summed E-state index contributed by atoms with van der Waals surface area (Å²) < 4.78 is 1.84. The Morgan fingerprint density at radius 3 is 2.39 bits per heavy atom. The maximum absolute atomic E-state index is 10.6. The van der Waals surface area contributed by atoms with Crippen LogP contribution in [0.25, 0.3) is 0 Å². The highest BCUT2D eigenvalue weighted by atomic mass is 16.3. The van der Waals surface area contributed by atoms with E-state index in [9.17, 15) is 5.11 Å². The lowest BCUT2D eigenvalue weighted by molar-refractivity contribution is 0.206. The lowest BCUT2D eigenvalue weighted by Gasteiger charge is -2.18. The van der Waals surface area contributed by atoms with Gasteiger partial charge in [-0.05, 0) is 50.5 Å². The Bertz CT molecular complexity index is 534. The molecule has 1 N–H and O–H groups in total. The second kappa shape index (κ2) is 4.94. The van der Waals surface area contributed by atoms with Crippen molar-refractivity contribution in [1.29, 1.82) is 0 Å². The molecule has 0 saturated heterocycles. The van der Waals surface area contributed by atoms with E-state index >= 15 is 0 Å². The molecule has 1 aromatic heterocycles. The zero-order valence-electron chi connectivity index (χ0n) is 11.4. The van der Waals surface area contributed by atoms with Gasteiger partial charge in [-0.3, -0.25) is 4.68 Å². The topological polar surface area (TPSA) is 38.0 Å². The SMILES string of the molecule is CCn1nccc1C(O)c1c(C)cc(C)cc1C. The van der Waals surface area contributed by atoms with Crippen LogP contribution in [0.4, 0.5) is 0 Å². The molecule has 0 aliphatic rings. The summed E-state index contributed by atoms with van der Waals surface area (Å²) in [5.41, 5.74) is 5.33. The Balaban J connectivity index is 2.49. The molecule has 1 aromatic carbocycles. The summed E-state index contributed by atoms with van der Waals surface area (Å²) in [5, 5.41) is 14.8. The summed E-state index contributed by atoms with van der Waals surface area (Å²) in [4.78, 5) is 0. The summed E-state index contributed by atoms with van der Waals surface area (Å²) in [7, 11) is 0. The van der Waals surface area contributed by atoms with E-state index in [0.29, 0.717) is 0 Å². The molecule has 0 aliphatic heterocycles. The number of nitrogens with zero attached hydrogens (tertiary/aromatic N) is 2. The third kappa shape index (κ3) is 2.18. The average Bonchev–Trinajstić information content (AvgIpc) is 2.75. The van der Waals surface area contributed by atoms with Crippen LogP contribution in [0.5, 0.6) is 0 Å². The molecule has 2 aromatic rings. The summed E-state index contributed by atoms with van der Waals surface area (Å²) >= 11 is 0. The first-order valence-electron chi connectivity index (χ1n) is 6.32. The van der Waals surface area contributed by atoms with E-state index < -0.39 is 6.10 Å². The molecule has 0 amide bonds. The Labute approximate surface area is 108 Å². The van der Waals surface area contributed by atoms with E-state index in [0.717, 1.165) is 28.9 Å². The number of rotatable bonds is 3. The van der Waals surface area contributed by atoms with Gasteiger partial charge in [-0.1, -0.05) is 17.7 Å². The minimum Gasteiger partial charge on any atom is -0.382 e. The smallest absolute Gasteiger partial charge is 0.121 e. The average molecular weight is 244 g/mol. The minimum absolute atomic E-state index is 0.604. The van der Waals surface area contributed by atoms with Crippen molar-refractivity contribution in [2.75, 3.05) is 0 Å². The Kier molecular flexibility index (Phi) is 3.53. The quantitative estimate of drug-likeness (QED) is 0.901. The third-order valence-electron chi connectivity index (χ3n) is 3.34. The van der Waals surface area contributed by atoms with Gasteiger partial charge in [0.2, 0.25) is 0 Å². The van der Waals surface area contributed by atoms with Crippen molar-refractivity contribution in [3.63, 3.8) is 0 Å². The predicted molar refractivity (Wildman–Crippen MR) is 72.6 cm³/mol. The second-order valence-corrected chi connectivity index (χ2v) is 4.79. The molecule has 3 nitrogen and oxygen atoms in total. The highest BCUT2D eigenvalue weighted by Crippen LogP contribution is 2.28. The molecule has 0 spiro atoms. The summed E-state index contributed by atoms with van der Waals surface area (Å²) in [6.45, 7) is 8.96. The molecule has 0 bridgehead atoms. The molecular weight excluding hydrogens is 224 g/mol. The molecule has 3 heteroatoms. The number of aromatic nitrogens is 2. The molecule has 0 aliphatic carbocycles. The third-order valence-corrected chi connectivity index (χ3v) is 3.34. The number of aliphatic hydroxyl groups excluding tert-OH is 1. The fourth-order valence-electron chi connectivity index (χ4n) is 2.61. The van der Waals surface area contributed by atoms with Gasteiger partial charge in [-0.2, -0.15) is 5.10 Å². The lowest BCUT2D eigenvalue weighted by Crippen LogP contribution is -2.11. The van der Waals surface area contributed by atoms with Crippen LogP contribution >= 0.6 is 0 Å². The van der Waals surface area contributed by atoms with Crippen LogP contribution in [0.15, 0.2) is 24.4 Å². The van der Waals surface area contributed by atoms with Crippen LogP contribution in [0.3, 0.4) is 0 Å². The molecule has 1 atom stereocenters. The monoisotopic (exact) mass is 244 g/mol. The van der Waals surface area contributed by atoms with Gasteiger partial charge in [0.05, 0.1) is 5.69 Å². The van der Waals surface area contributed by atoms with Crippen molar-refractivity contribution in [3.8, 4) is 0 Å². The van der Waals surface area contributed by atoms with Crippen molar-refractivity contribution in [2.45, 2.75) is 40.3 Å². The van der Waals surface area contributed by atoms with Gasteiger partial charge in [0.15, 0.2) is 0 Å². The molecule has 18 heavy (non-hydrogen) atoms. The van der Waals surface area contributed by atoms with E-state index in [4.69, 9.17) is 0 Å². The number of hydrogen-bond donors (Lipinski definition) is 1. The van der Waals surface area contributed by atoms with Gasteiger partial charge >= 0.3 is 0 Å². The summed E-state index contributed by atoms with van der Waals surface area (Å²) in [6.07, 6.45) is 1.13. The lowest BCUT2D eigenvalue weighted by atomic mass is 9.94. The van der Waals surface area contributed by atoms with E-state index in [2.05, 4.69) is 24.2 Å². The maximum Gasteiger partial charge on any atom is 0.121 e. The van der Waals surface area contributed by atoms with Gasteiger partial charge in [0.25, 0.3) is 0 Å². The zero-order valence-corrected chi connectivity index (χ0v) is 11.4. The number of benzene rings is 1. The van der Waals surface area contributed by atoms with Crippen LogP contribution in [-0.4, -0.2) is 14.9 Å². The van der Waals surface area contributed by atoms with Crippen molar-refractivity contribution in [2.24, 2.45) is 0 Å². The Hall–Kier alpha value is -1.61. The van der Waals surface area contributed by atoms with E-state index in [1.165, 1.54) is 5.56 Å². The van der Waals surface area contributed by atoms with Gasteiger partial charge in [-0.25, -0.2) is 0 Å². The van der Waals surface area contributed by atoms with Gasteiger partial charge < -0.3 is 5.11 Å². The largest absolute Gasteiger partial charge is 0.382 e. The van der Waals surface area contributed by atoms with Gasteiger partial charge in [0.1, 0.15) is 6.10 Å². The minimum atomic E-state index is -0.604. The van der Waals surface area contributed by atoms with Crippen LogP contribution in [-0.2, 0) is 6.54 Å². The Morgan fingerprint density at radius 2 is 1.83 bits per heavy atom. The van der Waals surface area contributed by atoms with E-state index in [1.807, 2.05) is 31.5 Å². The predicted octanol–water partition coefficient (Wildman–Crippen LogP) is 2.91. The molecule has 1 unspecified atom stereocenters. The first-order chi connectivity index (χ1) is 8.54. The van der Waals surface area contributed by atoms with Crippen LogP contribution < -0.4 is 0 Å². The molecular formula is C15H20N2O. The van der Waals surface area contributed by atoms with Crippen molar-refractivity contribution in [1.82, 2.24) is 9.78 Å². The van der Waals surface area contributed by atoms with Gasteiger partial charge in [0, 0.05) is 12.7 Å². The molecule has 1 heterocycles. The van der Waals surface area contributed by atoms with Crippen molar-refractivity contribution >= 4 is 0 Å². The number of aliphatic hydroxyl groups is 1. The molecule has 96 valence electrons. The standard InChI is InChI=1S/C15H20N2O/c1-5-17-13(6-7-16-17)15(18)14-11(3)8-10(2)9-12(14)4/h6-9,15,18H,5H2,1-4H3. The van der Waals surface area contributed by atoms with E-state index in [-0.39, 0.29) is 0 Å².